The predicted molar refractivity (Wildman–Crippen MR) is 95.9 cm³/mol. The monoisotopic (exact) mass is 388 g/mol. The summed E-state index contributed by atoms with van der Waals surface area (Å²) in [5.74, 6) is 0.790. The number of epoxide rings is 2. The van der Waals surface area contributed by atoms with Gasteiger partial charge in [-0.05, 0) is 41.5 Å². The molecule has 0 amide bonds. The van der Waals surface area contributed by atoms with Gasteiger partial charge >= 0.3 is 5.97 Å². The molecule has 2 saturated heterocycles. The van der Waals surface area contributed by atoms with Crippen LogP contribution in [0.2, 0.25) is 0 Å². The largest absolute Gasteiger partial charge is 0.467 e. The van der Waals surface area contributed by atoms with Crippen LogP contribution < -0.4 is 9.47 Å². The van der Waals surface area contributed by atoms with Crippen LogP contribution in [0.1, 0.15) is 10.4 Å². The number of methoxy groups -OCH3 is 1. The van der Waals surface area contributed by atoms with E-state index in [1.165, 1.54) is 7.11 Å². The van der Waals surface area contributed by atoms with Crippen molar-refractivity contribution in [1.82, 2.24) is 0 Å². The Labute approximate surface area is 161 Å². The highest BCUT2D eigenvalue weighted by Gasteiger charge is 2.24. The van der Waals surface area contributed by atoms with Crippen LogP contribution in [-0.4, -0.2) is 52.5 Å². The zero-order valence-corrected chi connectivity index (χ0v) is 15.3. The maximum atomic E-state index is 12.2. The minimum Gasteiger partial charge on any atom is -0.467 e. The van der Waals surface area contributed by atoms with Crippen molar-refractivity contribution in [2.45, 2.75) is 12.6 Å². The summed E-state index contributed by atoms with van der Waals surface area (Å²) in [7, 11) is 1.35. The van der Waals surface area contributed by atoms with E-state index in [-0.39, 0.29) is 26.2 Å². The Balaban J connectivity index is 1.47. The number of hydrogen-bond donors (Lipinski definition) is 0. The fourth-order valence-corrected chi connectivity index (χ4v) is 2.50. The Morgan fingerprint density at radius 2 is 1.50 bits per heavy atom. The summed E-state index contributed by atoms with van der Waals surface area (Å²) < 4.78 is 36.5. The lowest BCUT2D eigenvalue weighted by Gasteiger charge is -2.12. The highest BCUT2D eigenvalue weighted by molar-refractivity contribution is 5.97. The minimum absolute atomic E-state index is 0.0686. The van der Waals surface area contributed by atoms with E-state index in [0.29, 0.717) is 35.8 Å². The van der Waals surface area contributed by atoms with Crippen molar-refractivity contribution in [2.24, 2.45) is 0 Å². The summed E-state index contributed by atoms with van der Waals surface area (Å²) in [5, 5.41) is 0. The third-order valence-electron chi connectivity index (χ3n) is 4.13. The van der Waals surface area contributed by atoms with E-state index in [2.05, 4.69) is 0 Å². The molecule has 0 bridgehead atoms. The van der Waals surface area contributed by atoms with E-state index < -0.39 is 5.97 Å². The van der Waals surface area contributed by atoms with Crippen LogP contribution in [0.5, 0.6) is 11.5 Å². The third-order valence-corrected chi connectivity index (χ3v) is 4.13. The summed E-state index contributed by atoms with van der Waals surface area (Å²) in [4.78, 5) is 12.2. The van der Waals surface area contributed by atoms with Crippen LogP contribution in [0.4, 0.5) is 0 Å². The van der Waals surface area contributed by atoms with Crippen molar-refractivity contribution in [3.8, 4) is 22.6 Å². The second-order valence-corrected chi connectivity index (χ2v) is 6.11. The van der Waals surface area contributed by atoms with Gasteiger partial charge in [0, 0.05) is 0 Å². The summed E-state index contributed by atoms with van der Waals surface area (Å²) in [5.41, 5.74) is 1.93. The lowest BCUT2D eigenvalue weighted by atomic mass is 9.99. The first kappa shape index (κ1) is 18.7. The maximum absolute atomic E-state index is 12.2. The van der Waals surface area contributed by atoms with E-state index in [9.17, 15) is 4.79 Å². The molecular weight excluding hydrogens is 368 g/mol. The van der Waals surface area contributed by atoms with Gasteiger partial charge in [-0.25, -0.2) is 4.79 Å². The molecule has 4 rings (SSSR count). The Kier molecular flexibility index (Phi) is 5.73. The van der Waals surface area contributed by atoms with E-state index >= 15 is 0 Å². The van der Waals surface area contributed by atoms with Crippen molar-refractivity contribution >= 4 is 5.97 Å². The first-order valence-electron chi connectivity index (χ1n) is 8.78. The van der Waals surface area contributed by atoms with E-state index in [4.69, 9.17) is 33.2 Å². The molecule has 2 atom stereocenters. The Hall–Kier alpha value is -2.65. The molecule has 8 heteroatoms. The number of rotatable bonds is 10. The standard InChI is InChI=1S/C20H20O8/c1-22-20(21)16-7-6-15(26-12-28-19-10-24-19)8-17(16)13-2-4-14(5-3-13)25-11-27-18-9-23-18/h2-8,18-19H,9-12H2,1H3. The summed E-state index contributed by atoms with van der Waals surface area (Å²) in [6.45, 7) is 1.38. The van der Waals surface area contributed by atoms with Crippen LogP contribution in [0, 0.1) is 0 Å². The van der Waals surface area contributed by atoms with Gasteiger partial charge in [-0.2, -0.15) is 0 Å². The molecule has 2 aromatic carbocycles. The van der Waals surface area contributed by atoms with Gasteiger partial charge in [-0.3, -0.25) is 0 Å². The summed E-state index contributed by atoms with van der Waals surface area (Å²) >= 11 is 0. The van der Waals surface area contributed by atoms with Crippen molar-refractivity contribution in [1.29, 1.82) is 0 Å². The molecule has 8 nitrogen and oxygen atoms in total. The van der Waals surface area contributed by atoms with E-state index in [1.54, 1.807) is 30.3 Å². The molecule has 2 aliphatic rings. The summed E-state index contributed by atoms with van der Waals surface area (Å²) in [6.07, 6.45) is -0.336. The van der Waals surface area contributed by atoms with Gasteiger partial charge in [0.1, 0.15) is 24.7 Å². The number of benzene rings is 2. The second-order valence-electron chi connectivity index (χ2n) is 6.11. The van der Waals surface area contributed by atoms with E-state index in [1.807, 2.05) is 12.1 Å². The average Bonchev–Trinajstić information content (AvgIpc) is 3.63. The molecule has 2 unspecified atom stereocenters. The molecule has 0 spiro atoms. The average molecular weight is 388 g/mol. The number of carbonyl (C=O) groups is 1. The number of ether oxygens (including phenoxy) is 7. The van der Waals surface area contributed by atoms with Gasteiger partial charge in [0.05, 0.1) is 12.7 Å². The van der Waals surface area contributed by atoms with Crippen LogP contribution in [0.3, 0.4) is 0 Å². The van der Waals surface area contributed by atoms with Crippen LogP contribution in [0.15, 0.2) is 42.5 Å². The number of carbonyl (C=O) groups excluding carboxylic acids is 1. The topological polar surface area (TPSA) is 88.3 Å². The molecule has 0 aromatic heterocycles. The van der Waals surface area contributed by atoms with Crippen molar-refractivity contribution in [2.75, 3.05) is 33.9 Å². The molecule has 0 radical (unpaired) electrons. The molecule has 0 saturated carbocycles. The molecule has 0 aliphatic carbocycles. The Bertz CT molecular complexity index is 811. The van der Waals surface area contributed by atoms with Crippen LogP contribution >= 0.6 is 0 Å². The van der Waals surface area contributed by atoms with Crippen molar-refractivity contribution in [3.63, 3.8) is 0 Å². The minimum atomic E-state index is -0.428. The smallest absolute Gasteiger partial charge is 0.338 e. The number of esters is 1. The molecule has 2 fully saturated rings. The van der Waals surface area contributed by atoms with Gasteiger partial charge in [-0.1, -0.05) is 12.1 Å². The van der Waals surface area contributed by atoms with Crippen LogP contribution in [-0.2, 0) is 23.7 Å². The first-order chi connectivity index (χ1) is 13.7. The first-order valence-corrected chi connectivity index (χ1v) is 8.78. The highest BCUT2D eigenvalue weighted by Crippen LogP contribution is 2.30. The molecular formula is C20H20O8. The van der Waals surface area contributed by atoms with Crippen LogP contribution in [0.25, 0.3) is 11.1 Å². The second kappa shape index (κ2) is 8.57. The van der Waals surface area contributed by atoms with Gasteiger partial charge in [0.15, 0.2) is 26.2 Å². The zero-order chi connectivity index (χ0) is 19.3. The lowest BCUT2D eigenvalue weighted by Crippen LogP contribution is -2.07. The summed E-state index contributed by atoms with van der Waals surface area (Å²) in [6, 6.07) is 12.4. The van der Waals surface area contributed by atoms with Crippen molar-refractivity contribution in [3.05, 3.63) is 48.0 Å². The molecule has 2 aromatic rings. The molecule has 28 heavy (non-hydrogen) atoms. The quantitative estimate of drug-likeness (QED) is 0.349. The molecule has 2 aliphatic heterocycles. The fourth-order valence-electron chi connectivity index (χ4n) is 2.50. The number of hydrogen-bond acceptors (Lipinski definition) is 8. The fraction of sp³-hybridized carbons (Fsp3) is 0.350. The predicted octanol–water partition coefficient (Wildman–Crippen LogP) is 2.56. The van der Waals surface area contributed by atoms with E-state index in [0.717, 1.165) is 5.56 Å². The molecule has 148 valence electrons. The van der Waals surface area contributed by atoms with Gasteiger partial charge in [0.2, 0.25) is 0 Å². The lowest BCUT2D eigenvalue weighted by molar-refractivity contribution is -0.0343. The van der Waals surface area contributed by atoms with Gasteiger partial charge < -0.3 is 33.2 Å². The highest BCUT2D eigenvalue weighted by atomic mass is 16.8. The normalized spacial score (nSPS) is 19.8. The zero-order valence-electron chi connectivity index (χ0n) is 15.3. The van der Waals surface area contributed by atoms with Crippen molar-refractivity contribution < 1.29 is 38.0 Å². The Morgan fingerprint density at radius 3 is 2.07 bits per heavy atom. The SMILES string of the molecule is COC(=O)c1ccc(OCOC2CO2)cc1-c1ccc(OCOC2CO2)cc1. The van der Waals surface area contributed by atoms with Gasteiger partial charge in [0.25, 0.3) is 0 Å². The molecule has 2 heterocycles. The van der Waals surface area contributed by atoms with Gasteiger partial charge in [-0.15, -0.1) is 0 Å². The Morgan fingerprint density at radius 1 is 0.929 bits per heavy atom. The maximum Gasteiger partial charge on any atom is 0.338 e. The molecule has 0 N–H and O–H groups in total. The third kappa shape index (κ3) is 4.99.